The lowest BCUT2D eigenvalue weighted by Crippen LogP contribution is -2.30. The molecular weight excluding hydrogens is 262 g/mol. The van der Waals surface area contributed by atoms with Crippen LogP contribution in [0.25, 0.3) is 0 Å². The van der Waals surface area contributed by atoms with E-state index in [2.05, 4.69) is 29.4 Å². The summed E-state index contributed by atoms with van der Waals surface area (Å²) in [4.78, 5) is 14.0. The molecule has 1 amide bonds. The van der Waals surface area contributed by atoms with Gasteiger partial charge in [-0.2, -0.15) is 0 Å². The monoisotopic (exact) mass is 289 g/mol. The molecule has 0 aliphatic carbocycles. The van der Waals surface area contributed by atoms with Crippen molar-refractivity contribution < 1.29 is 4.79 Å². The summed E-state index contributed by atoms with van der Waals surface area (Å²) in [6, 6.07) is 8.46. The van der Waals surface area contributed by atoms with E-state index in [-0.39, 0.29) is 5.91 Å². The maximum absolute atomic E-state index is 11.5. The fraction of sp³-hybridized carbons (Fsp3) is 0.588. The highest BCUT2D eigenvalue weighted by molar-refractivity contribution is 5.93. The molecule has 1 heterocycles. The fourth-order valence-corrected chi connectivity index (χ4v) is 2.84. The van der Waals surface area contributed by atoms with E-state index in [1.165, 1.54) is 25.1 Å². The molecule has 0 spiro atoms. The van der Waals surface area contributed by atoms with Crippen LogP contribution in [0.4, 0.5) is 0 Å². The second kappa shape index (κ2) is 7.57. The smallest absolute Gasteiger partial charge is 0.251 e. The number of rotatable bonds is 6. The van der Waals surface area contributed by atoms with Gasteiger partial charge >= 0.3 is 0 Å². The van der Waals surface area contributed by atoms with Gasteiger partial charge in [-0.25, -0.2) is 0 Å². The molecule has 21 heavy (non-hydrogen) atoms. The molecule has 1 fully saturated rings. The minimum absolute atomic E-state index is 0.0331. The lowest BCUT2D eigenvalue weighted by molar-refractivity contribution is 0.0963. The molecule has 4 heteroatoms. The Morgan fingerprint density at radius 3 is 2.62 bits per heavy atom. The summed E-state index contributed by atoms with van der Waals surface area (Å²) in [5.41, 5.74) is 1.94. The number of carbonyl (C=O) groups excluding carboxylic acids is 1. The van der Waals surface area contributed by atoms with Crippen molar-refractivity contribution in [2.24, 2.45) is 5.92 Å². The second-order valence-corrected chi connectivity index (χ2v) is 6.15. The molecule has 1 aromatic carbocycles. The SMILES string of the molecule is CNC(=O)c1ccc(CNCC2CCN(C(C)C)C2)cc1. The lowest BCUT2D eigenvalue weighted by atomic mass is 10.1. The molecule has 0 radical (unpaired) electrons. The summed E-state index contributed by atoms with van der Waals surface area (Å²) in [7, 11) is 1.65. The van der Waals surface area contributed by atoms with Crippen molar-refractivity contribution in [3.63, 3.8) is 0 Å². The molecule has 1 saturated heterocycles. The summed E-state index contributed by atoms with van der Waals surface area (Å²) in [6.07, 6.45) is 1.29. The number of hydrogen-bond donors (Lipinski definition) is 2. The van der Waals surface area contributed by atoms with E-state index in [1.54, 1.807) is 7.05 Å². The summed E-state index contributed by atoms with van der Waals surface area (Å²) < 4.78 is 0. The van der Waals surface area contributed by atoms with Gasteiger partial charge in [-0.1, -0.05) is 12.1 Å². The van der Waals surface area contributed by atoms with Crippen LogP contribution in [0.15, 0.2) is 24.3 Å². The molecule has 1 aliphatic heterocycles. The van der Waals surface area contributed by atoms with Crippen molar-refractivity contribution in [2.75, 3.05) is 26.7 Å². The van der Waals surface area contributed by atoms with Crippen LogP contribution in [0.2, 0.25) is 0 Å². The first-order valence-corrected chi connectivity index (χ1v) is 7.86. The lowest BCUT2D eigenvalue weighted by Gasteiger charge is -2.20. The zero-order valence-electron chi connectivity index (χ0n) is 13.4. The van der Waals surface area contributed by atoms with Gasteiger partial charge in [-0.3, -0.25) is 4.79 Å². The summed E-state index contributed by atoms with van der Waals surface area (Å²) in [6.45, 7) is 8.91. The number of amides is 1. The Labute approximate surface area is 127 Å². The van der Waals surface area contributed by atoms with Crippen LogP contribution >= 0.6 is 0 Å². The number of nitrogens with one attached hydrogen (secondary N) is 2. The van der Waals surface area contributed by atoms with E-state index in [0.717, 1.165) is 19.0 Å². The Balaban J connectivity index is 1.73. The third-order valence-corrected chi connectivity index (χ3v) is 4.25. The van der Waals surface area contributed by atoms with Gasteiger partial charge in [0.25, 0.3) is 5.91 Å². The van der Waals surface area contributed by atoms with Crippen LogP contribution in [0.3, 0.4) is 0 Å². The van der Waals surface area contributed by atoms with Gasteiger partial charge in [0.2, 0.25) is 0 Å². The highest BCUT2D eigenvalue weighted by Crippen LogP contribution is 2.17. The summed E-state index contributed by atoms with van der Waals surface area (Å²) >= 11 is 0. The standard InChI is InChI=1S/C17H27N3O/c1-13(2)20-9-8-15(12-20)11-19-10-14-4-6-16(7-5-14)17(21)18-3/h4-7,13,15,19H,8-12H2,1-3H3,(H,18,21). The maximum Gasteiger partial charge on any atom is 0.251 e. The molecule has 1 atom stereocenters. The van der Waals surface area contributed by atoms with Crippen LogP contribution in [0.1, 0.15) is 36.2 Å². The average Bonchev–Trinajstić information content (AvgIpc) is 2.96. The minimum atomic E-state index is -0.0331. The van der Waals surface area contributed by atoms with Gasteiger partial charge in [0.1, 0.15) is 0 Å². The summed E-state index contributed by atoms with van der Waals surface area (Å²) in [5, 5.41) is 6.17. The zero-order chi connectivity index (χ0) is 15.2. The van der Waals surface area contributed by atoms with Crippen molar-refractivity contribution in [1.82, 2.24) is 15.5 Å². The molecule has 2 N–H and O–H groups in total. The molecule has 2 rings (SSSR count). The third kappa shape index (κ3) is 4.55. The molecular formula is C17H27N3O. The quantitative estimate of drug-likeness (QED) is 0.840. The zero-order valence-corrected chi connectivity index (χ0v) is 13.4. The number of nitrogens with zero attached hydrogens (tertiary/aromatic N) is 1. The molecule has 1 unspecified atom stereocenters. The Bertz CT molecular complexity index is 456. The Kier molecular flexibility index (Phi) is 5.76. The Morgan fingerprint density at radius 1 is 1.33 bits per heavy atom. The maximum atomic E-state index is 11.5. The highest BCUT2D eigenvalue weighted by atomic mass is 16.1. The van der Waals surface area contributed by atoms with E-state index >= 15 is 0 Å². The fourth-order valence-electron chi connectivity index (χ4n) is 2.84. The number of carbonyl (C=O) groups is 1. The number of hydrogen-bond acceptors (Lipinski definition) is 3. The van der Waals surface area contributed by atoms with Gasteiger partial charge in [-0.05, 0) is 57.0 Å². The van der Waals surface area contributed by atoms with Gasteiger partial charge in [0, 0.05) is 31.7 Å². The predicted octanol–water partition coefficient (Wildman–Crippen LogP) is 1.87. The first-order valence-electron chi connectivity index (χ1n) is 7.86. The topological polar surface area (TPSA) is 44.4 Å². The minimum Gasteiger partial charge on any atom is -0.355 e. The largest absolute Gasteiger partial charge is 0.355 e. The van der Waals surface area contributed by atoms with Crippen molar-refractivity contribution in [3.8, 4) is 0 Å². The first kappa shape index (κ1) is 16.0. The van der Waals surface area contributed by atoms with Crippen LogP contribution < -0.4 is 10.6 Å². The molecule has 116 valence electrons. The van der Waals surface area contributed by atoms with E-state index in [1.807, 2.05) is 24.3 Å². The van der Waals surface area contributed by atoms with E-state index in [0.29, 0.717) is 11.6 Å². The van der Waals surface area contributed by atoms with E-state index in [9.17, 15) is 4.79 Å². The van der Waals surface area contributed by atoms with Crippen molar-refractivity contribution in [3.05, 3.63) is 35.4 Å². The van der Waals surface area contributed by atoms with Crippen LogP contribution in [0, 0.1) is 5.92 Å². The molecule has 1 aromatic rings. The van der Waals surface area contributed by atoms with Gasteiger partial charge in [0.15, 0.2) is 0 Å². The molecule has 0 bridgehead atoms. The van der Waals surface area contributed by atoms with Crippen molar-refractivity contribution in [1.29, 1.82) is 0 Å². The van der Waals surface area contributed by atoms with Crippen LogP contribution in [0.5, 0.6) is 0 Å². The molecule has 0 aromatic heterocycles. The van der Waals surface area contributed by atoms with Crippen LogP contribution in [-0.2, 0) is 6.54 Å². The Morgan fingerprint density at radius 2 is 2.05 bits per heavy atom. The van der Waals surface area contributed by atoms with Gasteiger partial charge in [0.05, 0.1) is 0 Å². The van der Waals surface area contributed by atoms with Crippen molar-refractivity contribution >= 4 is 5.91 Å². The Hall–Kier alpha value is -1.39. The summed E-state index contributed by atoms with van der Waals surface area (Å²) in [5.74, 6) is 0.729. The number of likely N-dealkylation sites (tertiary alicyclic amines) is 1. The second-order valence-electron chi connectivity index (χ2n) is 6.15. The highest BCUT2D eigenvalue weighted by Gasteiger charge is 2.23. The normalized spacial score (nSPS) is 19.1. The molecule has 4 nitrogen and oxygen atoms in total. The van der Waals surface area contributed by atoms with E-state index in [4.69, 9.17) is 0 Å². The average molecular weight is 289 g/mol. The van der Waals surface area contributed by atoms with Gasteiger partial charge in [-0.15, -0.1) is 0 Å². The van der Waals surface area contributed by atoms with E-state index < -0.39 is 0 Å². The predicted molar refractivity (Wildman–Crippen MR) is 86.4 cm³/mol. The molecule has 0 saturated carbocycles. The molecule has 1 aliphatic rings. The van der Waals surface area contributed by atoms with Crippen LogP contribution in [-0.4, -0.2) is 43.5 Å². The van der Waals surface area contributed by atoms with Crippen molar-refractivity contribution in [2.45, 2.75) is 32.9 Å². The number of benzene rings is 1. The third-order valence-electron chi connectivity index (χ3n) is 4.25. The van der Waals surface area contributed by atoms with Gasteiger partial charge < -0.3 is 15.5 Å². The first-order chi connectivity index (χ1) is 10.1.